The SMILES string of the molecule is C=CCN(CO)c1nc(N)nc(N)n1. The van der Waals surface area contributed by atoms with Gasteiger partial charge in [-0.1, -0.05) is 6.08 Å². The quantitative estimate of drug-likeness (QED) is 0.417. The minimum absolute atomic E-state index is 0.0232. The zero-order valence-corrected chi connectivity index (χ0v) is 7.59. The smallest absolute Gasteiger partial charge is 0.234 e. The van der Waals surface area contributed by atoms with Gasteiger partial charge < -0.3 is 21.5 Å². The van der Waals surface area contributed by atoms with E-state index in [9.17, 15) is 0 Å². The molecule has 76 valence electrons. The van der Waals surface area contributed by atoms with E-state index in [1.165, 1.54) is 4.90 Å². The summed E-state index contributed by atoms with van der Waals surface area (Å²) in [6, 6.07) is 0. The molecule has 0 saturated heterocycles. The summed E-state index contributed by atoms with van der Waals surface area (Å²) >= 11 is 0. The fraction of sp³-hybridized carbons (Fsp3) is 0.286. The standard InChI is InChI=1S/C7H12N6O/c1-2-3-13(4-14)7-11-5(8)10-6(9)12-7/h2,14H,1,3-4H2,(H4,8,9,10,11,12). The average Bonchev–Trinajstić information content (AvgIpc) is 2.12. The van der Waals surface area contributed by atoms with Crippen molar-refractivity contribution in [2.24, 2.45) is 0 Å². The molecular formula is C7H12N6O. The molecule has 0 spiro atoms. The van der Waals surface area contributed by atoms with Crippen LogP contribution >= 0.6 is 0 Å². The van der Waals surface area contributed by atoms with E-state index in [0.717, 1.165) is 0 Å². The Morgan fingerprint density at radius 3 is 2.29 bits per heavy atom. The van der Waals surface area contributed by atoms with Gasteiger partial charge in [-0.2, -0.15) is 15.0 Å². The second kappa shape index (κ2) is 4.38. The maximum absolute atomic E-state index is 8.99. The molecule has 0 radical (unpaired) electrons. The van der Waals surface area contributed by atoms with Gasteiger partial charge in [-0.15, -0.1) is 6.58 Å². The molecule has 1 aromatic rings. The Hall–Kier alpha value is -1.89. The van der Waals surface area contributed by atoms with Crippen LogP contribution in [0, 0.1) is 0 Å². The minimum Gasteiger partial charge on any atom is -0.376 e. The van der Waals surface area contributed by atoms with Crippen molar-refractivity contribution in [3.05, 3.63) is 12.7 Å². The van der Waals surface area contributed by atoms with Gasteiger partial charge in [0, 0.05) is 6.54 Å². The molecule has 0 aliphatic rings. The van der Waals surface area contributed by atoms with Crippen molar-refractivity contribution in [3.63, 3.8) is 0 Å². The summed E-state index contributed by atoms with van der Waals surface area (Å²) in [7, 11) is 0. The molecule has 1 rings (SSSR count). The first-order valence-electron chi connectivity index (χ1n) is 3.91. The molecule has 1 heterocycles. The lowest BCUT2D eigenvalue weighted by atomic mass is 10.5. The summed E-state index contributed by atoms with van der Waals surface area (Å²) in [5.74, 6) is 0.280. The maximum atomic E-state index is 8.99. The van der Waals surface area contributed by atoms with Crippen LogP contribution in [-0.4, -0.2) is 33.3 Å². The molecule has 0 saturated carbocycles. The predicted molar refractivity (Wildman–Crippen MR) is 53.3 cm³/mol. The second-order valence-corrected chi connectivity index (χ2v) is 2.50. The normalized spacial score (nSPS) is 9.79. The average molecular weight is 196 g/mol. The van der Waals surface area contributed by atoms with Gasteiger partial charge in [0.05, 0.1) is 0 Å². The Balaban J connectivity index is 2.96. The summed E-state index contributed by atoms with van der Waals surface area (Å²) in [5.41, 5.74) is 10.7. The number of aromatic nitrogens is 3. The molecule has 0 bridgehead atoms. The van der Waals surface area contributed by atoms with Gasteiger partial charge >= 0.3 is 0 Å². The molecular weight excluding hydrogens is 184 g/mol. The lowest BCUT2D eigenvalue weighted by molar-refractivity contribution is 0.292. The second-order valence-electron chi connectivity index (χ2n) is 2.50. The number of nitrogens with zero attached hydrogens (tertiary/aromatic N) is 4. The third-order valence-electron chi connectivity index (χ3n) is 1.46. The van der Waals surface area contributed by atoms with E-state index >= 15 is 0 Å². The van der Waals surface area contributed by atoms with Crippen molar-refractivity contribution in [3.8, 4) is 0 Å². The minimum atomic E-state index is -0.241. The van der Waals surface area contributed by atoms with E-state index in [-0.39, 0.29) is 24.6 Å². The number of hydrogen-bond donors (Lipinski definition) is 3. The first-order valence-corrected chi connectivity index (χ1v) is 3.91. The van der Waals surface area contributed by atoms with Gasteiger partial charge in [0.15, 0.2) is 0 Å². The lowest BCUT2D eigenvalue weighted by Crippen LogP contribution is -2.27. The summed E-state index contributed by atoms with van der Waals surface area (Å²) in [6.45, 7) is 3.69. The number of anilines is 3. The summed E-state index contributed by atoms with van der Waals surface area (Å²) in [4.78, 5) is 12.7. The van der Waals surface area contributed by atoms with Crippen molar-refractivity contribution >= 4 is 17.8 Å². The number of rotatable bonds is 4. The topological polar surface area (TPSA) is 114 Å². The lowest BCUT2D eigenvalue weighted by Gasteiger charge is -2.17. The Morgan fingerprint density at radius 1 is 1.29 bits per heavy atom. The molecule has 0 fully saturated rings. The number of nitrogens with two attached hydrogens (primary N) is 2. The molecule has 1 aromatic heterocycles. The number of nitrogen functional groups attached to an aromatic ring is 2. The maximum Gasteiger partial charge on any atom is 0.234 e. The molecule has 7 heteroatoms. The highest BCUT2D eigenvalue weighted by Crippen LogP contribution is 2.08. The Bertz CT molecular complexity index is 308. The molecule has 0 atom stereocenters. The van der Waals surface area contributed by atoms with E-state index < -0.39 is 0 Å². The number of aliphatic hydroxyl groups excluding tert-OH is 1. The van der Waals surface area contributed by atoms with E-state index in [4.69, 9.17) is 16.6 Å². The van der Waals surface area contributed by atoms with E-state index in [1.807, 2.05) is 0 Å². The number of hydrogen-bond acceptors (Lipinski definition) is 7. The highest BCUT2D eigenvalue weighted by atomic mass is 16.3. The molecule has 5 N–H and O–H groups in total. The highest BCUT2D eigenvalue weighted by Gasteiger charge is 2.08. The van der Waals surface area contributed by atoms with Crippen LogP contribution in [0.3, 0.4) is 0 Å². The van der Waals surface area contributed by atoms with Crippen molar-refractivity contribution in [2.45, 2.75) is 0 Å². The summed E-state index contributed by atoms with van der Waals surface area (Å²) in [5, 5.41) is 8.99. The third-order valence-corrected chi connectivity index (χ3v) is 1.46. The van der Waals surface area contributed by atoms with Crippen LogP contribution in [-0.2, 0) is 0 Å². The van der Waals surface area contributed by atoms with Crippen molar-refractivity contribution < 1.29 is 5.11 Å². The van der Waals surface area contributed by atoms with Crippen molar-refractivity contribution in [1.29, 1.82) is 0 Å². The zero-order chi connectivity index (χ0) is 10.6. The van der Waals surface area contributed by atoms with Gasteiger partial charge in [0.2, 0.25) is 17.8 Å². The monoisotopic (exact) mass is 196 g/mol. The Labute approximate surface area is 81.1 Å². The predicted octanol–water partition coefficient (Wildman–Crippen LogP) is -1.02. The largest absolute Gasteiger partial charge is 0.376 e. The highest BCUT2D eigenvalue weighted by molar-refractivity contribution is 5.39. The van der Waals surface area contributed by atoms with Gasteiger partial charge in [-0.05, 0) is 0 Å². The first kappa shape index (κ1) is 10.2. The molecule has 0 aliphatic heterocycles. The van der Waals surface area contributed by atoms with E-state index in [0.29, 0.717) is 6.54 Å². The van der Waals surface area contributed by atoms with Crippen LogP contribution in [0.4, 0.5) is 17.8 Å². The van der Waals surface area contributed by atoms with Gasteiger partial charge in [0.1, 0.15) is 6.73 Å². The molecule has 7 nitrogen and oxygen atoms in total. The zero-order valence-electron chi connectivity index (χ0n) is 7.59. The van der Waals surface area contributed by atoms with E-state index in [2.05, 4.69) is 21.5 Å². The molecule has 0 unspecified atom stereocenters. The van der Waals surface area contributed by atoms with Crippen LogP contribution in [0.1, 0.15) is 0 Å². The van der Waals surface area contributed by atoms with Crippen LogP contribution in [0.5, 0.6) is 0 Å². The summed E-state index contributed by atoms with van der Waals surface area (Å²) in [6.07, 6.45) is 1.60. The van der Waals surface area contributed by atoms with Gasteiger partial charge in [-0.3, -0.25) is 0 Å². The summed E-state index contributed by atoms with van der Waals surface area (Å²) < 4.78 is 0. The van der Waals surface area contributed by atoms with Crippen LogP contribution < -0.4 is 16.4 Å². The van der Waals surface area contributed by atoms with Gasteiger partial charge in [-0.25, -0.2) is 0 Å². The van der Waals surface area contributed by atoms with Crippen LogP contribution in [0.2, 0.25) is 0 Å². The van der Waals surface area contributed by atoms with E-state index in [1.54, 1.807) is 6.08 Å². The van der Waals surface area contributed by atoms with Crippen molar-refractivity contribution in [2.75, 3.05) is 29.6 Å². The molecule has 0 amide bonds. The Morgan fingerprint density at radius 2 is 1.86 bits per heavy atom. The molecule has 14 heavy (non-hydrogen) atoms. The first-order chi connectivity index (χ1) is 6.67. The molecule has 0 aromatic carbocycles. The van der Waals surface area contributed by atoms with Gasteiger partial charge in [0.25, 0.3) is 0 Å². The fourth-order valence-electron chi connectivity index (χ4n) is 0.897. The number of aliphatic hydroxyl groups is 1. The molecule has 0 aliphatic carbocycles. The van der Waals surface area contributed by atoms with Crippen LogP contribution in [0.25, 0.3) is 0 Å². The third kappa shape index (κ3) is 2.30. The fourth-order valence-corrected chi connectivity index (χ4v) is 0.897. The van der Waals surface area contributed by atoms with Crippen molar-refractivity contribution in [1.82, 2.24) is 15.0 Å². The van der Waals surface area contributed by atoms with Crippen LogP contribution in [0.15, 0.2) is 12.7 Å². The Kier molecular flexibility index (Phi) is 3.19.